The third-order valence-electron chi connectivity index (χ3n) is 4.26. The molecule has 0 saturated carbocycles. The summed E-state index contributed by atoms with van der Waals surface area (Å²) in [5.41, 5.74) is 6.04. The van der Waals surface area contributed by atoms with Gasteiger partial charge in [0.2, 0.25) is 5.95 Å². The van der Waals surface area contributed by atoms with Crippen molar-refractivity contribution in [1.82, 2.24) is 24.6 Å². The Morgan fingerprint density at radius 1 is 1.20 bits per heavy atom. The van der Waals surface area contributed by atoms with Crippen molar-refractivity contribution in [3.8, 4) is 0 Å². The highest BCUT2D eigenvalue weighted by molar-refractivity contribution is 5.79. The van der Waals surface area contributed by atoms with Gasteiger partial charge in [0.25, 0.3) is 0 Å². The molecule has 0 bridgehead atoms. The van der Waals surface area contributed by atoms with Crippen LogP contribution in [0.2, 0.25) is 0 Å². The Morgan fingerprint density at radius 3 is 2.92 bits per heavy atom. The molecule has 25 heavy (non-hydrogen) atoms. The van der Waals surface area contributed by atoms with Crippen molar-refractivity contribution in [2.75, 3.05) is 5.32 Å². The maximum absolute atomic E-state index is 4.75. The molecule has 6 heteroatoms. The number of allylic oxidation sites excluding steroid dienone is 1. The molecule has 6 nitrogen and oxygen atoms in total. The van der Waals surface area contributed by atoms with Crippen molar-refractivity contribution in [2.24, 2.45) is 0 Å². The molecular weight excluding hydrogens is 312 g/mol. The summed E-state index contributed by atoms with van der Waals surface area (Å²) in [5, 5.41) is 8.03. The average Bonchev–Trinajstić information content (AvgIpc) is 2.81. The van der Waals surface area contributed by atoms with Crippen molar-refractivity contribution in [3.63, 3.8) is 0 Å². The zero-order valence-electron chi connectivity index (χ0n) is 14.8. The number of aryl methyl sites for hydroxylation is 2. The van der Waals surface area contributed by atoms with Crippen LogP contribution in [0.3, 0.4) is 0 Å². The molecule has 0 spiro atoms. The van der Waals surface area contributed by atoms with Crippen LogP contribution in [0.25, 0.3) is 11.2 Å². The first-order chi connectivity index (χ1) is 12.1. The van der Waals surface area contributed by atoms with Gasteiger partial charge < -0.3 is 5.32 Å². The molecule has 0 unspecified atom stereocenters. The minimum absolute atomic E-state index is 0.312. The maximum atomic E-state index is 4.75. The monoisotopic (exact) mass is 334 g/mol. The van der Waals surface area contributed by atoms with Gasteiger partial charge >= 0.3 is 0 Å². The second kappa shape index (κ2) is 6.27. The first-order valence-electron chi connectivity index (χ1n) is 8.76. The summed E-state index contributed by atoms with van der Waals surface area (Å²) in [4.78, 5) is 13.7. The van der Waals surface area contributed by atoms with Gasteiger partial charge in [0, 0.05) is 23.4 Å². The number of anilines is 1. The van der Waals surface area contributed by atoms with Crippen molar-refractivity contribution < 1.29 is 0 Å². The summed E-state index contributed by atoms with van der Waals surface area (Å²) in [6.07, 6.45) is 9.18. The van der Waals surface area contributed by atoms with Crippen molar-refractivity contribution in [1.29, 1.82) is 0 Å². The lowest BCUT2D eigenvalue weighted by molar-refractivity contribution is 0.811. The van der Waals surface area contributed by atoms with Crippen molar-refractivity contribution in [2.45, 2.75) is 46.1 Å². The van der Waals surface area contributed by atoms with E-state index in [4.69, 9.17) is 10.1 Å². The van der Waals surface area contributed by atoms with E-state index in [-0.39, 0.29) is 0 Å². The highest BCUT2D eigenvalue weighted by atomic mass is 15.2. The lowest BCUT2D eigenvalue weighted by atomic mass is 10.0. The lowest BCUT2D eigenvalue weighted by Crippen LogP contribution is -2.14. The normalized spacial score (nSPS) is 14.3. The smallest absolute Gasteiger partial charge is 0.223 e. The second-order valence-electron chi connectivity index (χ2n) is 6.77. The van der Waals surface area contributed by atoms with E-state index in [1.807, 2.05) is 36.0 Å². The molecule has 1 aliphatic carbocycles. The minimum Gasteiger partial charge on any atom is -0.352 e. The summed E-state index contributed by atoms with van der Waals surface area (Å²) >= 11 is 0. The van der Waals surface area contributed by atoms with E-state index >= 15 is 0 Å². The molecule has 0 aromatic carbocycles. The van der Waals surface area contributed by atoms with Crippen LogP contribution >= 0.6 is 0 Å². The molecule has 1 N–H and O–H groups in total. The van der Waals surface area contributed by atoms with Gasteiger partial charge in [0.15, 0.2) is 5.65 Å². The molecule has 0 amide bonds. The van der Waals surface area contributed by atoms with Gasteiger partial charge in [0.05, 0.1) is 23.3 Å². The first-order valence-corrected chi connectivity index (χ1v) is 8.76. The summed E-state index contributed by atoms with van der Waals surface area (Å²) in [7, 11) is 0. The van der Waals surface area contributed by atoms with E-state index < -0.39 is 0 Å². The van der Waals surface area contributed by atoms with Gasteiger partial charge in [-0.1, -0.05) is 6.08 Å². The van der Waals surface area contributed by atoms with Crippen LogP contribution in [-0.4, -0.2) is 30.6 Å². The molecule has 0 saturated heterocycles. The molecule has 4 rings (SSSR count). The summed E-state index contributed by atoms with van der Waals surface area (Å²) in [6, 6.07) is 4.35. The first kappa shape index (κ1) is 15.7. The second-order valence-corrected chi connectivity index (χ2v) is 6.77. The molecule has 3 aromatic rings. The van der Waals surface area contributed by atoms with Crippen LogP contribution in [0.1, 0.15) is 49.3 Å². The molecule has 0 radical (unpaired) electrons. The SMILES string of the molecule is Cc1cn2nc(C3=CCCCc4nc(NC(C)C)ncc43)ccc2n1. The van der Waals surface area contributed by atoms with E-state index in [0.29, 0.717) is 12.0 Å². The van der Waals surface area contributed by atoms with Crippen LogP contribution < -0.4 is 5.32 Å². The van der Waals surface area contributed by atoms with Crippen molar-refractivity contribution in [3.05, 3.63) is 53.2 Å². The lowest BCUT2D eigenvalue weighted by Gasteiger charge is -2.13. The van der Waals surface area contributed by atoms with E-state index in [1.54, 1.807) is 0 Å². The van der Waals surface area contributed by atoms with Crippen LogP contribution in [0, 0.1) is 6.92 Å². The Bertz CT molecular complexity index is 954. The van der Waals surface area contributed by atoms with Crippen LogP contribution in [0.5, 0.6) is 0 Å². The molecule has 128 valence electrons. The van der Waals surface area contributed by atoms with Gasteiger partial charge in [0.1, 0.15) is 0 Å². The van der Waals surface area contributed by atoms with Crippen LogP contribution in [-0.2, 0) is 6.42 Å². The van der Waals surface area contributed by atoms with E-state index in [2.05, 4.69) is 35.2 Å². The molecular formula is C19H22N6. The number of nitrogens with one attached hydrogen (secondary N) is 1. The predicted octanol–water partition coefficient (Wildman–Crippen LogP) is 3.42. The third-order valence-corrected chi connectivity index (χ3v) is 4.26. The number of nitrogens with zero attached hydrogens (tertiary/aromatic N) is 5. The topological polar surface area (TPSA) is 68.0 Å². The zero-order chi connectivity index (χ0) is 17.4. The average molecular weight is 334 g/mol. The molecule has 3 aromatic heterocycles. The van der Waals surface area contributed by atoms with Crippen LogP contribution in [0.15, 0.2) is 30.6 Å². The van der Waals surface area contributed by atoms with Gasteiger partial charge in [-0.15, -0.1) is 0 Å². The fraction of sp³-hybridized carbons (Fsp3) is 0.368. The molecule has 0 atom stereocenters. The Hall–Kier alpha value is -2.76. The Labute approximate surface area is 147 Å². The zero-order valence-corrected chi connectivity index (χ0v) is 14.8. The molecule has 3 heterocycles. The Kier molecular flexibility index (Phi) is 3.95. The van der Waals surface area contributed by atoms with Gasteiger partial charge in [-0.05, 0) is 52.2 Å². The fourth-order valence-electron chi connectivity index (χ4n) is 3.17. The number of hydrogen-bond donors (Lipinski definition) is 1. The minimum atomic E-state index is 0.312. The van der Waals surface area contributed by atoms with Gasteiger partial charge in [-0.2, -0.15) is 5.10 Å². The third kappa shape index (κ3) is 3.12. The highest BCUT2D eigenvalue weighted by Gasteiger charge is 2.17. The fourth-order valence-corrected chi connectivity index (χ4v) is 3.17. The standard InChI is InChI=1S/C19H22N6/c1-12(2)21-19-20-10-15-14(6-4-5-7-16(15)23-19)17-8-9-18-22-13(3)11-25(18)24-17/h6,8-12H,4-5,7H2,1-3H3,(H,20,21,23). The maximum Gasteiger partial charge on any atom is 0.223 e. The number of hydrogen-bond acceptors (Lipinski definition) is 5. The molecule has 0 aliphatic heterocycles. The Balaban J connectivity index is 1.78. The van der Waals surface area contributed by atoms with E-state index in [1.165, 1.54) is 0 Å². The number of rotatable bonds is 3. The van der Waals surface area contributed by atoms with Crippen LogP contribution in [0.4, 0.5) is 5.95 Å². The summed E-state index contributed by atoms with van der Waals surface area (Å²) in [6.45, 7) is 6.16. The van der Waals surface area contributed by atoms with Crippen molar-refractivity contribution >= 4 is 17.2 Å². The summed E-state index contributed by atoms with van der Waals surface area (Å²) < 4.78 is 1.84. The van der Waals surface area contributed by atoms with E-state index in [9.17, 15) is 0 Å². The van der Waals surface area contributed by atoms with Gasteiger partial charge in [-0.3, -0.25) is 0 Å². The number of aromatic nitrogens is 5. The quantitative estimate of drug-likeness (QED) is 0.795. The number of imidazole rings is 1. The summed E-state index contributed by atoms with van der Waals surface area (Å²) in [5.74, 6) is 0.698. The Morgan fingerprint density at radius 2 is 2.08 bits per heavy atom. The van der Waals surface area contributed by atoms with Gasteiger partial charge in [-0.25, -0.2) is 19.5 Å². The number of fused-ring (bicyclic) bond motifs is 2. The predicted molar refractivity (Wildman–Crippen MR) is 98.5 cm³/mol. The molecule has 0 fully saturated rings. The largest absolute Gasteiger partial charge is 0.352 e. The van der Waals surface area contributed by atoms with E-state index in [0.717, 1.165) is 53.1 Å². The molecule has 1 aliphatic rings. The highest BCUT2D eigenvalue weighted by Crippen LogP contribution is 2.29.